The van der Waals surface area contributed by atoms with E-state index in [4.69, 9.17) is 42.1 Å². The van der Waals surface area contributed by atoms with Gasteiger partial charge >= 0.3 is 12.1 Å². The Morgan fingerprint density at radius 3 is 2.45 bits per heavy atom. The number of nitrogens with two attached hydrogens (primary N) is 2. The van der Waals surface area contributed by atoms with Gasteiger partial charge in [-0.3, -0.25) is 14.4 Å². The molecule has 2 heterocycles. The van der Waals surface area contributed by atoms with Crippen molar-refractivity contribution in [3.8, 4) is 17.2 Å². The smallest absolute Gasteiger partial charge is 0.434 e. The first-order chi connectivity index (χ1) is 25.1. The van der Waals surface area contributed by atoms with Crippen LogP contribution in [0, 0.1) is 11.3 Å². The molecule has 4 N–H and O–H groups in total. The Hall–Kier alpha value is -4.37. The van der Waals surface area contributed by atoms with Crippen molar-refractivity contribution in [1.82, 2.24) is 14.8 Å². The molecule has 3 atom stereocenters. The van der Waals surface area contributed by atoms with Crippen LogP contribution in [0.2, 0.25) is 5.02 Å². The lowest BCUT2D eigenvalue weighted by atomic mass is 9.66. The number of hydrazine groups is 1. The largest absolute Gasteiger partial charge is 0.497 e. The molecule has 2 aromatic rings. The van der Waals surface area contributed by atoms with Gasteiger partial charge in [-0.1, -0.05) is 24.4 Å². The number of fused-ring (bicyclic) bond motifs is 1. The Labute approximate surface area is 312 Å². The summed E-state index contributed by atoms with van der Waals surface area (Å²) in [6.07, 6.45) is -1.25. The normalized spacial score (nSPS) is 22.2. The molecule has 3 aliphatic rings. The Morgan fingerprint density at radius 1 is 1.06 bits per heavy atom. The van der Waals surface area contributed by atoms with Crippen molar-refractivity contribution >= 4 is 29.4 Å². The van der Waals surface area contributed by atoms with E-state index in [0.29, 0.717) is 83.3 Å². The number of likely N-dealkylation sites (tertiary alicyclic amines) is 1. The van der Waals surface area contributed by atoms with Crippen LogP contribution in [-0.4, -0.2) is 86.3 Å². The van der Waals surface area contributed by atoms with E-state index in [1.807, 2.05) is 0 Å². The lowest BCUT2D eigenvalue weighted by Gasteiger charge is -2.45. The van der Waals surface area contributed by atoms with Crippen molar-refractivity contribution < 1.29 is 46.5 Å². The Bertz CT molecular complexity index is 1740. The topological polar surface area (TPSA) is 150 Å². The number of ether oxygens (including phenoxy) is 4. The molecule has 16 heteroatoms. The summed E-state index contributed by atoms with van der Waals surface area (Å²) in [7, 11) is 4.07. The third-order valence-electron chi connectivity index (χ3n) is 10.6. The van der Waals surface area contributed by atoms with Gasteiger partial charge in [-0.25, -0.2) is 5.84 Å². The predicted molar refractivity (Wildman–Crippen MR) is 190 cm³/mol. The van der Waals surface area contributed by atoms with Crippen LogP contribution in [0.1, 0.15) is 68.2 Å². The van der Waals surface area contributed by atoms with Crippen molar-refractivity contribution in [3.63, 3.8) is 0 Å². The number of halogens is 4. The lowest BCUT2D eigenvalue weighted by Crippen LogP contribution is -2.53. The highest BCUT2D eigenvalue weighted by Crippen LogP contribution is 2.47. The standard InChI is InChI=1S/C37H47ClF3N5O7/c1-36(35(49)53-20-22-10-11-23(50-3)18-30(22)51-4)15-6-5-8-25(36)34(48)46-17-14-24-26(38)12-13-29(32(24)28(46)19-45-16-7-9-31(45)47)52-21-27(42)33(44(2)43)37(39,40)41/h10-13,18,25,28H,5-9,14-17,19-21,42-43H2,1-4H3/b33-27-/t25?,28?,36-/m0/s1. The number of hydrogen-bond donors (Lipinski definition) is 2. The summed E-state index contributed by atoms with van der Waals surface area (Å²) in [4.78, 5) is 45.1. The van der Waals surface area contributed by atoms with Crippen LogP contribution in [0.25, 0.3) is 0 Å². The number of nitrogens with zero attached hydrogens (tertiary/aromatic N) is 3. The Kier molecular flexibility index (Phi) is 12.3. The minimum absolute atomic E-state index is 0.0773. The third-order valence-corrected chi connectivity index (χ3v) is 10.9. The van der Waals surface area contributed by atoms with Gasteiger partial charge in [-0.2, -0.15) is 13.2 Å². The first kappa shape index (κ1) is 39.8. The van der Waals surface area contributed by atoms with Crippen LogP contribution in [-0.2, 0) is 32.1 Å². The summed E-state index contributed by atoms with van der Waals surface area (Å²) in [5.74, 6) is 5.06. The van der Waals surface area contributed by atoms with Crippen LogP contribution >= 0.6 is 11.6 Å². The minimum Gasteiger partial charge on any atom is -0.497 e. The number of allylic oxidation sites excluding steroid dienone is 1. The zero-order valence-corrected chi connectivity index (χ0v) is 31.1. The van der Waals surface area contributed by atoms with Crippen LogP contribution in [0.3, 0.4) is 0 Å². The Morgan fingerprint density at radius 2 is 1.81 bits per heavy atom. The molecule has 12 nitrogen and oxygen atoms in total. The van der Waals surface area contributed by atoms with Gasteiger partial charge in [0.15, 0.2) is 5.70 Å². The van der Waals surface area contributed by atoms with Gasteiger partial charge in [0.25, 0.3) is 0 Å². The quantitative estimate of drug-likeness (QED) is 0.167. The highest BCUT2D eigenvalue weighted by Gasteiger charge is 2.51. The highest BCUT2D eigenvalue weighted by molar-refractivity contribution is 6.31. The van der Waals surface area contributed by atoms with Crippen LogP contribution < -0.4 is 25.8 Å². The molecule has 53 heavy (non-hydrogen) atoms. The monoisotopic (exact) mass is 765 g/mol. The Balaban J connectivity index is 1.47. The van der Waals surface area contributed by atoms with Crippen molar-refractivity contribution in [2.45, 2.75) is 70.7 Å². The number of methoxy groups -OCH3 is 2. The predicted octanol–water partition coefficient (Wildman–Crippen LogP) is 5.26. The van der Waals surface area contributed by atoms with Crippen molar-refractivity contribution in [3.05, 3.63) is 63.4 Å². The van der Waals surface area contributed by atoms with Gasteiger partial charge < -0.3 is 39.5 Å². The maximum atomic E-state index is 14.9. The van der Waals surface area contributed by atoms with Gasteiger partial charge in [-0.15, -0.1) is 0 Å². The van der Waals surface area contributed by atoms with Crippen molar-refractivity contribution in [2.24, 2.45) is 22.9 Å². The first-order valence-electron chi connectivity index (χ1n) is 17.5. The summed E-state index contributed by atoms with van der Waals surface area (Å²) >= 11 is 6.70. The van der Waals surface area contributed by atoms with Crippen LogP contribution in [0.5, 0.6) is 17.2 Å². The number of benzene rings is 2. The SMILES string of the molecule is COc1ccc(COC(=O)[C@@]2(C)CCCCC2C(=O)N2CCc3c(Cl)ccc(OC/C(N)=C(/N(C)N)C(F)(F)F)c3C2CN2CCCC2=O)c(OC)c1. The molecule has 0 aromatic heterocycles. The number of rotatable bonds is 12. The van der Waals surface area contributed by atoms with Crippen LogP contribution in [0.15, 0.2) is 41.7 Å². The van der Waals surface area contributed by atoms with Gasteiger partial charge in [-0.05, 0) is 62.4 Å². The van der Waals surface area contributed by atoms with Gasteiger partial charge in [0.05, 0.1) is 37.3 Å². The third kappa shape index (κ3) is 8.40. The summed E-state index contributed by atoms with van der Waals surface area (Å²) in [5, 5.41) is 0.774. The first-order valence-corrected chi connectivity index (χ1v) is 17.9. The van der Waals surface area contributed by atoms with Gasteiger partial charge in [0, 0.05) is 55.3 Å². The average molecular weight is 766 g/mol. The van der Waals surface area contributed by atoms with E-state index < -0.39 is 47.5 Å². The molecule has 290 valence electrons. The summed E-state index contributed by atoms with van der Waals surface area (Å²) < 4.78 is 63.9. The number of carbonyl (C=O) groups excluding carboxylic acids is 3. The zero-order chi connectivity index (χ0) is 38.7. The zero-order valence-electron chi connectivity index (χ0n) is 30.4. The molecule has 2 aliphatic heterocycles. The molecular weight excluding hydrogens is 719 g/mol. The minimum atomic E-state index is -4.84. The van der Waals surface area contributed by atoms with E-state index in [1.54, 1.807) is 41.0 Å². The van der Waals surface area contributed by atoms with E-state index in [0.717, 1.165) is 13.5 Å². The molecule has 2 aromatic carbocycles. The number of carbonyl (C=O) groups is 3. The van der Waals surface area contributed by atoms with E-state index >= 15 is 0 Å². The molecule has 1 aliphatic carbocycles. The van der Waals surface area contributed by atoms with Gasteiger partial charge in [0.2, 0.25) is 11.8 Å². The number of hydrogen-bond acceptors (Lipinski definition) is 10. The summed E-state index contributed by atoms with van der Waals surface area (Å²) in [5.41, 5.74) is 4.56. The lowest BCUT2D eigenvalue weighted by molar-refractivity contribution is -0.169. The average Bonchev–Trinajstić information content (AvgIpc) is 3.52. The van der Waals surface area contributed by atoms with E-state index in [2.05, 4.69) is 0 Å². The second-order valence-electron chi connectivity index (χ2n) is 13.9. The summed E-state index contributed by atoms with van der Waals surface area (Å²) in [6, 6.07) is 7.50. The number of amides is 2. The highest BCUT2D eigenvalue weighted by atomic mass is 35.5. The second kappa shape index (κ2) is 16.3. The fraction of sp³-hybridized carbons (Fsp3) is 0.541. The molecule has 1 saturated heterocycles. The molecule has 0 radical (unpaired) electrons. The summed E-state index contributed by atoms with van der Waals surface area (Å²) in [6.45, 7) is 1.81. The van der Waals surface area contributed by atoms with Crippen molar-refractivity contribution in [1.29, 1.82) is 0 Å². The molecule has 2 amide bonds. The van der Waals surface area contributed by atoms with E-state index in [9.17, 15) is 27.6 Å². The second-order valence-corrected chi connectivity index (χ2v) is 14.3. The molecule has 1 saturated carbocycles. The number of alkyl halides is 3. The number of esters is 1. The van der Waals surface area contributed by atoms with E-state index in [-0.39, 0.29) is 37.3 Å². The van der Waals surface area contributed by atoms with E-state index in [1.165, 1.54) is 20.3 Å². The molecule has 5 rings (SSSR count). The fourth-order valence-electron chi connectivity index (χ4n) is 7.75. The molecule has 0 bridgehead atoms. The molecule has 2 unspecified atom stereocenters. The fourth-order valence-corrected chi connectivity index (χ4v) is 8.01. The maximum Gasteiger partial charge on any atom is 0.434 e. The molecular formula is C37H47ClF3N5O7. The molecule has 2 fully saturated rings. The van der Waals surface area contributed by atoms with Crippen LogP contribution in [0.4, 0.5) is 13.2 Å². The maximum absolute atomic E-state index is 14.9. The van der Waals surface area contributed by atoms with Crippen molar-refractivity contribution in [2.75, 3.05) is 47.5 Å². The van der Waals surface area contributed by atoms with Gasteiger partial charge in [0.1, 0.15) is 30.5 Å². The molecule has 0 spiro atoms.